The maximum Gasteiger partial charge on any atom is 0.228 e. The van der Waals surface area contributed by atoms with Gasteiger partial charge in [-0.3, -0.25) is 4.79 Å². The number of anilines is 1. The zero-order valence-electron chi connectivity index (χ0n) is 11.1. The number of rotatable bonds is 4. The second-order valence-electron chi connectivity index (χ2n) is 4.97. The van der Waals surface area contributed by atoms with Crippen molar-refractivity contribution in [3.63, 3.8) is 0 Å². The van der Waals surface area contributed by atoms with Gasteiger partial charge < -0.3 is 10.6 Å². The lowest BCUT2D eigenvalue weighted by molar-refractivity contribution is -0.119. The number of benzene rings is 1. The Morgan fingerprint density at radius 2 is 2.25 bits per heavy atom. The van der Waals surface area contributed by atoms with Gasteiger partial charge in [-0.2, -0.15) is 5.10 Å². The van der Waals surface area contributed by atoms with Crippen molar-refractivity contribution < 1.29 is 4.79 Å². The van der Waals surface area contributed by atoms with Gasteiger partial charge in [-0.15, -0.1) is 0 Å². The van der Waals surface area contributed by atoms with E-state index in [0.29, 0.717) is 6.54 Å². The summed E-state index contributed by atoms with van der Waals surface area (Å²) in [6.45, 7) is 2.38. The lowest BCUT2D eigenvalue weighted by atomic mass is 10.1. The molecule has 1 fully saturated rings. The molecule has 1 saturated heterocycles. The summed E-state index contributed by atoms with van der Waals surface area (Å²) in [4.78, 5) is 15.9. The molecule has 1 aliphatic rings. The summed E-state index contributed by atoms with van der Waals surface area (Å²) >= 11 is 0. The maximum atomic E-state index is 12.0. The first-order valence-electron chi connectivity index (χ1n) is 6.74. The average molecular weight is 271 g/mol. The smallest absolute Gasteiger partial charge is 0.228 e. The summed E-state index contributed by atoms with van der Waals surface area (Å²) in [5, 5.41) is 10.2. The molecular weight excluding hydrogens is 254 g/mol. The van der Waals surface area contributed by atoms with Gasteiger partial charge in [0.2, 0.25) is 5.91 Å². The monoisotopic (exact) mass is 271 g/mol. The van der Waals surface area contributed by atoms with Gasteiger partial charge in [-0.1, -0.05) is 12.1 Å². The summed E-state index contributed by atoms with van der Waals surface area (Å²) in [6.07, 6.45) is 4.11. The molecule has 0 bridgehead atoms. The first-order chi connectivity index (χ1) is 9.81. The standard InChI is InChI=1S/C14H17N5O/c20-14(12-5-6-15-7-12)18-13-3-1-11(2-4-13)8-19-10-16-9-17-19/h1-4,9-10,12,15H,5-8H2,(H,18,20). The van der Waals surface area contributed by atoms with Crippen LogP contribution >= 0.6 is 0 Å². The highest BCUT2D eigenvalue weighted by molar-refractivity contribution is 5.92. The quantitative estimate of drug-likeness (QED) is 0.865. The van der Waals surface area contributed by atoms with Crippen LogP contribution in [0.15, 0.2) is 36.9 Å². The minimum absolute atomic E-state index is 0.0878. The molecule has 1 amide bonds. The van der Waals surface area contributed by atoms with E-state index in [1.54, 1.807) is 11.0 Å². The summed E-state index contributed by atoms with van der Waals surface area (Å²) in [7, 11) is 0. The lowest BCUT2D eigenvalue weighted by Crippen LogP contribution is -2.24. The van der Waals surface area contributed by atoms with E-state index in [4.69, 9.17) is 0 Å². The Morgan fingerprint density at radius 1 is 1.40 bits per heavy atom. The van der Waals surface area contributed by atoms with Gasteiger partial charge in [0, 0.05) is 12.2 Å². The predicted octanol–water partition coefficient (Wildman–Crippen LogP) is 0.874. The first-order valence-corrected chi connectivity index (χ1v) is 6.74. The molecule has 1 aromatic carbocycles. The van der Waals surface area contributed by atoms with Crippen molar-refractivity contribution in [1.82, 2.24) is 20.1 Å². The molecule has 3 rings (SSSR count). The topological polar surface area (TPSA) is 71.8 Å². The summed E-state index contributed by atoms with van der Waals surface area (Å²) in [5.74, 6) is 0.184. The molecule has 0 aliphatic carbocycles. The third kappa shape index (κ3) is 3.03. The minimum Gasteiger partial charge on any atom is -0.326 e. The molecule has 1 aliphatic heterocycles. The number of aromatic nitrogens is 3. The lowest BCUT2D eigenvalue weighted by Gasteiger charge is -2.10. The van der Waals surface area contributed by atoms with Crippen molar-refractivity contribution in [1.29, 1.82) is 0 Å². The molecule has 2 N–H and O–H groups in total. The van der Waals surface area contributed by atoms with Crippen LogP contribution in [-0.4, -0.2) is 33.8 Å². The van der Waals surface area contributed by atoms with E-state index in [-0.39, 0.29) is 11.8 Å². The molecule has 1 unspecified atom stereocenters. The van der Waals surface area contributed by atoms with Crippen molar-refractivity contribution in [3.05, 3.63) is 42.5 Å². The molecule has 6 heteroatoms. The number of amides is 1. The van der Waals surface area contributed by atoms with Crippen LogP contribution in [0, 0.1) is 5.92 Å². The van der Waals surface area contributed by atoms with E-state index < -0.39 is 0 Å². The first kappa shape index (κ1) is 12.8. The SMILES string of the molecule is O=C(Nc1ccc(Cn2cncn2)cc1)C1CCNC1. The summed E-state index contributed by atoms with van der Waals surface area (Å²) < 4.78 is 1.76. The van der Waals surface area contributed by atoms with Crippen LogP contribution in [0.3, 0.4) is 0 Å². The zero-order chi connectivity index (χ0) is 13.8. The highest BCUT2D eigenvalue weighted by Crippen LogP contribution is 2.14. The van der Waals surface area contributed by atoms with Gasteiger partial charge in [0.05, 0.1) is 12.5 Å². The van der Waals surface area contributed by atoms with Crippen LogP contribution in [-0.2, 0) is 11.3 Å². The second kappa shape index (κ2) is 5.83. The predicted molar refractivity (Wildman–Crippen MR) is 75.2 cm³/mol. The van der Waals surface area contributed by atoms with Gasteiger partial charge in [-0.25, -0.2) is 9.67 Å². The highest BCUT2D eigenvalue weighted by atomic mass is 16.1. The molecule has 6 nitrogen and oxygen atoms in total. The maximum absolute atomic E-state index is 12.0. The van der Waals surface area contributed by atoms with E-state index in [2.05, 4.69) is 20.7 Å². The van der Waals surface area contributed by atoms with Crippen molar-refractivity contribution in [2.24, 2.45) is 5.92 Å². The minimum atomic E-state index is 0.0878. The number of hydrogen-bond acceptors (Lipinski definition) is 4. The fourth-order valence-electron chi connectivity index (χ4n) is 2.32. The average Bonchev–Trinajstić information content (AvgIpc) is 3.13. The highest BCUT2D eigenvalue weighted by Gasteiger charge is 2.22. The van der Waals surface area contributed by atoms with Gasteiger partial charge in [0.25, 0.3) is 0 Å². The number of carbonyl (C=O) groups excluding carboxylic acids is 1. The Hall–Kier alpha value is -2.21. The third-order valence-electron chi connectivity index (χ3n) is 3.46. The molecular formula is C14H17N5O. The van der Waals surface area contributed by atoms with Crippen LogP contribution in [0.1, 0.15) is 12.0 Å². The van der Waals surface area contributed by atoms with Crippen molar-refractivity contribution in [2.75, 3.05) is 18.4 Å². The Balaban J connectivity index is 1.59. The van der Waals surface area contributed by atoms with E-state index in [1.807, 2.05) is 24.3 Å². The molecule has 104 valence electrons. The molecule has 20 heavy (non-hydrogen) atoms. The Kier molecular flexibility index (Phi) is 3.73. The zero-order valence-corrected chi connectivity index (χ0v) is 11.1. The van der Waals surface area contributed by atoms with Gasteiger partial charge in [-0.05, 0) is 30.7 Å². The van der Waals surface area contributed by atoms with Crippen molar-refractivity contribution in [3.8, 4) is 0 Å². The van der Waals surface area contributed by atoms with Crippen LogP contribution in [0.5, 0.6) is 0 Å². The Labute approximate surface area is 117 Å². The third-order valence-corrected chi connectivity index (χ3v) is 3.46. The van der Waals surface area contributed by atoms with E-state index in [1.165, 1.54) is 6.33 Å². The molecule has 1 atom stereocenters. The normalized spacial score (nSPS) is 18.1. The summed E-state index contributed by atoms with van der Waals surface area (Å²) in [5.41, 5.74) is 1.96. The van der Waals surface area contributed by atoms with Crippen molar-refractivity contribution in [2.45, 2.75) is 13.0 Å². The Bertz CT molecular complexity index is 558. The van der Waals surface area contributed by atoms with Gasteiger partial charge >= 0.3 is 0 Å². The van der Waals surface area contributed by atoms with Crippen LogP contribution < -0.4 is 10.6 Å². The van der Waals surface area contributed by atoms with Gasteiger partial charge in [0.15, 0.2) is 0 Å². The Morgan fingerprint density at radius 3 is 2.90 bits per heavy atom. The fraction of sp³-hybridized carbons (Fsp3) is 0.357. The molecule has 0 radical (unpaired) electrons. The molecule has 2 heterocycles. The molecule has 0 saturated carbocycles. The van der Waals surface area contributed by atoms with E-state index in [0.717, 1.165) is 30.8 Å². The number of hydrogen-bond donors (Lipinski definition) is 2. The van der Waals surface area contributed by atoms with E-state index >= 15 is 0 Å². The van der Waals surface area contributed by atoms with Crippen LogP contribution in [0.4, 0.5) is 5.69 Å². The molecule has 2 aromatic rings. The van der Waals surface area contributed by atoms with E-state index in [9.17, 15) is 4.79 Å². The summed E-state index contributed by atoms with van der Waals surface area (Å²) in [6, 6.07) is 7.83. The number of nitrogens with one attached hydrogen (secondary N) is 2. The van der Waals surface area contributed by atoms with Crippen LogP contribution in [0.25, 0.3) is 0 Å². The molecule has 1 aromatic heterocycles. The van der Waals surface area contributed by atoms with Crippen LogP contribution in [0.2, 0.25) is 0 Å². The number of carbonyl (C=O) groups is 1. The second-order valence-corrected chi connectivity index (χ2v) is 4.97. The number of nitrogens with zero attached hydrogens (tertiary/aromatic N) is 3. The molecule has 0 spiro atoms. The fourth-order valence-corrected chi connectivity index (χ4v) is 2.32. The van der Waals surface area contributed by atoms with Gasteiger partial charge in [0.1, 0.15) is 12.7 Å². The van der Waals surface area contributed by atoms with Crippen molar-refractivity contribution >= 4 is 11.6 Å². The largest absolute Gasteiger partial charge is 0.326 e.